The molecule has 58 heavy (non-hydrogen) atoms. The second kappa shape index (κ2) is 19.5. The van der Waals surface area contributed by atoms with Crippen molar-refractivity contribution in [2.75, 3.05) is 72.8 Å². The lowest BCUT2D eigenvalue weighted by atomic mass is 10.1. The van der Waals surface area contributed by atoms with Gasteiger partial charge in [0.2, 0.25) is 0 Å². The van der Waals surface area contributed by atoms with Crippen molar-refractivity contribution in [1.29, 1.82) is 0 Å². The number of nitrogens with one attached hydrogen (secondary N) is 2. The van der Waals surface area contributed by atoms with Crippen LogP contribution in [0.15, 0.2) is 158 Å². The van der Waals surface area contributed by atoms with Crippen molar-refractivity contribution in [2.45, 2.75) is 20.0 Å². The zero-order valence-electron chi connectivity index (χ0n) is 33.1. The number of hydrogen-bond donors (Lipinski definition) is 2. The van der Waals surface area contributed by atoms with Gasteiger partial charge in [-0.05, 0) is 84.3 Å². The third kappa shape index (κ3) is 10.4. The predicted molar refractivity (Wildman–Crippen MR) is 234 cm³/mol. The maximum absolute atomic E-state index is 14.5. The van der Waals surface area contributed by atoms with Crippen LogP contribution in [0, 0.1) is 12.7 Å². The molecule has 0 saturated carbocycles. The number of anilines is 4. The lowest BCUT2D eigenvalue weighted by Gasteiger charge is -2.36. The number of amides is 2. The van der Waals surface area contributed by atoms with Gasteiger partial charge in [0.15, 0.2) is 0 Å². The molecule has 2 amide bonds. The van der Waals surface area contributed by atoms with Gasteiger partial charge in [0, 0.05) is 93.6 Å². The van der Waals surface area contributed by atoms with Gasteiger partial charge in [-0.1, -0.05) is 97.1 Å². The van der Waals surface area contributed by atoms with Crippen molar-refractivity contribution >= 4 is 34.6 Å². The van der Waals surface area contributed by atoms with E-state index >= 15 is 0 Å². The molecule has 9 heteroatoms. The molecule has 2 aliphatic heterocycles. The van der Waals surface area contributed by atoms with Crippen LogP contribution in [0.3, 0.4) is 0 Å². The van der Waals surface area contributed by atoms with Crippen molar-refractivity contribution < 1.29 is 14.0 Å². The summed E-state index contributed by atoms with van der Waals surface area (Å²) in [6.45, 7) is 9.40. The van der Waals surface area contributed by atoms with Crippen LogP contribution in [0.4, 0.5) is 27.1 Å². The monoisotopic (exact) mass is 774 g/mol. The molecule has 0 radical (unpaired) electrons. The van der Waals surface area contributed by atoms with E-state index in [0.29, 0.717) is 30.9 Å². The molecule has 0 atom stereocenters. The Morgan fingerprint density at radius 1 is 0.483 bits per heavy atom. The topological polar surface area (TPSA) is 71.2 Å². The molecule has 0 unspecified atom stereocenters. The van der Waals surface area contributed by atoms with Gasteiger partial charge in [0.25, 0.3) is 11.8 Å². The van der Waals surface area contributed by atoms with E-state index in [9.17, 15) is 14.0 Å². The number of para-hydroxylation sites is 2. The zero-order chi connectivity index (χ0) is 40.1. The number of aryl methyl sites for hydroxylation is 1. The van der Waals surface area contributed by atoms with E-state index in [-0.39, 0.29) is 11.8 Å². The number of rotatable bonds is 10. The fraction of sp³-hybridized carbons (Fsp3) is 0.224. The molecular weight excluding hydrogens is 724 g/mol. The number of piperazine rings is 2. The number of carbonyl (C=O) groups excluding carboxylic acids is 2. The summed E-state index contributed by atoms with van der Waals surface area (Å²) < 4.78 is 14.5. The maximum atomic E-state index is 14.5. The molecule has 0 aromatic heterocycles. The number of hydrogen-bond acceptors (Lipinski definition) is 6. The summed E-state index contributed by atoms with van der Waals surface area (Å²) in [4.78, 5) is 34.1. The number of halogens is 1. The molecule has 2 heterocycles. The molecular formula is C49H51FN6O2. The standard InChI is InChI=1S/C25H27N3O.C24H24FN3O/c1-20-18-22(12-13-24(20)26-19-21-8-4-2-5-9-21)25(29)28-16-14-27(15-17-28)23-10-6-3-7-11-23;25-22-17-20(11-12-23(22)26-18-19-7-3-1-4-8-19)24(29)28-15-13-27(14-16-28)21-9-5-2-6-10-21/h2-13,18,26H,14-17,19H2,1H3;1-12,17,26H,13-16,18H2. The summed E-state index contributed by atoms with van der Waals surface area (Å²) in [5, 5.41) is 6.56. The highest BCUT2D eigenvalue weighted by Gasteiger charge is 2.24. The summed E-state index contributed by atoms with van der Waals surface area (Å²) in [5.74, 6) is -0.406. The second-order valence-corrected chi connectivity index (χ2v) is 14.6. The predicted octanol–water partition coefficient (Wildman–Crippen LogP) is 8.97. The Kier molecular flexibility index (Phi) is 13.3. The van der Waals surface area contributed by atoms with Gasteiger partial charge in [-0.25, -0.2) is 4.39 Å². The third-order valence-corrected chi connectivity index (χ3v) is 10.7. The largest absolute Gasteiger partial charge is 0.381 e. The van der Waals surface area contributed by atoms with Crippen LogP contribution in [0.25, 0.3) is 0 Å². The van der Waals surface area contributed by atoms with E-state index in [4.69, 9.17) is 0 Å². The van der Waals surface area contributed by atoms with Crippen LogP contribution in [-0.4, -0.2) is 74.0 Å². The number of nitrogens with zero attached hydrogens (tertiary/aromatic N) is 4. The Hall–Kier alpha value is -6.61. The first-order chi connectivity index (χ1) is 28.4. The van der Waals surface area contributed by atoms with Crippen LogP contribution in [0.2, 0.25) is 0 Å². The molecule has 6 aromatic carbocycles. The van der Waals surface area contributed by atoms with Crippen LogP contribution >= 0.6 is 0 Å². The zero-order valence-corrected chi connectivity index (χ0v) is 33.1. The first-order valence-electron chi connectivity index (χ1n) is 20.1. The molecule has 6 aromatic rings. The van der Waals surface area contributed by atoms with Gasteiger partial charge in [0.1, 0.15) is 5.82 Å². The highest BCUT2D eigenvalue weighted by atomic mass is 19.1. The second-order valence-electron chi connectivity index (χ2n) is 14.6. The molecule has 2 N–H and O–H groups in total. The lowest BCUT2D eigenvalue weighted by molar-refractivity contribution is 0.0739. The normalized spacial score (nSPS) is 14.0. The summed E-state index contributed by atoms with van der Waals surface area (Å²) >= 11 is 0. The van der Waals surface area contributed by atoms with E-state index in [0.717, 1.165) is 68.2 Å². The summed E-state index contributed by atoms with van der Waals surface area (Å²) in [5.41, 5.74) is 8.42. The van der Waals surface area contributed by atoms with Crippen molar-refractivity contribution in [3.63, 3.8) is 0 Å². The highest BCUT2D eigenvalue weighted by Crippen LogP contribution is 2.23. The average Bonchev–Trinajstić information content (AvgIpc) is 3.29. The molecule has 296 valence electrons. The van der Waals surface area contributed by atoms with Gasteiger partial charge >= 0.3 is 0 Å². The van der Waals surface area contributed by atoms with E-state index in [1.165, 1.54) is 23.0 Å². The fourth-order valence-corrected chi connectivity index (χ4v) is 7.35. The van der Waals surface area contributed by atoms with Crippen molar-refractivity contribution in [1.82, 2.24) is 9.80 Å². The SMILES string of the molecule is Cc1cc(C(=O)N2CCN(c3ccccc3)CC2)ccc1NCc1ccccc1.O=C(c1ccc(NCc2ccccc2)c(F)c1)N1CCN(c2ccccc2)CC1. The minimum Gasteiger partial charge on any atom is -0.381 e. The Labute approximate surface area is 341 Å². The highest BCUT2D eigenvalue weighted by molar-refractivity contribution is 5.95. The molecule has 2 aliphatic rings. The van der Waals surface area contributed by atoms with Gasteiger partial charge in [-0.15, -0.1) is 0 Å². The van der Waals surface area contributed by atoms with Gasteiger partial charge in [-0.2, -0.15) is 0 Å². The Balaban J connectivity index is 0.000000177. The Morgan fingerprint density at radius 3 is 1.28 bits per heavy atom. The minimum atomic E-state index is -0.408. The maximum Gasteiger partial charge on any atom is 0.254 e. The molecule has 8 nitrogen and oxygen atoms in total. The first kappa shape index (κ1) is 39.6. The quantitative estimate of drug-likeness (QED) is 0.145. The summed E-state index contributed by atoms with van der Waals surface area (Å²) in [7, 11) is 0. The van der Waals surface area contributed by atoms with Crippen molar-refractivity contribution in [3.8, 4) is 0 Å². The van der Waals surface area contributed by atoms with E-state index < -0.39 is 5.82 Å². The minimum absolute atomic E-state index is 0.119. The van der Waals surface area contributed by atoms with Crippen LogP contribution in [0.5, 0.6) is 0 Å². The van der Waals surface area contributed by atoms with Gasteiger partial charge < -0.3 is 30.2 Å². The smallest absolute Gasteiger partial charge is 0.254 e. The van der Waals surface area contributed by atoms with Crippen LogP contribution in [0.1, 0.15) is 37.4 Å². The number of carbonyl (C=O) groups is 2. The first-order valence-corrected chi connectivity index (χ1v) is 20.1. The molecule has 2 fully saturated rings. The lowest BCUT2D eigenvalue weighted by Crippen LogP contribution is -2.48. The Morgan fingerprint density at radius 2 is 0.862 bits per heavy atom. The third-order valence-electron chi connectivity index (χ3n) is 10.7. The van der Waals surface area contributed by atoms with Crippen molar-refractivity contribution in [2.24, 2.45) is 0 Å². The molecule has 2 saturated heterocycles. The fourth-order valence-electron chi connectivity index (χ4n) is 7.35. The van der Waals surface area contributed by atoms with Crippen LogP contribution < -0.4 is 20.4 Å². The number of benzene rings is 6. The van der Waals surface area contributed by atoms with E-state index in [2.05, 4.69) is 75.9 Å². The van der Waals surface area contributed by atoms with Crippen LogP contribution in [-0.2, 0) is 13.1 Å². The summed E-state index contributed by atoms with van der Waals surface area (Å²) in [6, 6.07) is 51.4. The van der Waals surface area contributed by atoms with E-state index in [1.54, 1.807) is 17.0 Å². The Bertz CT molecular complexity index is 2060. The molecule has 8 rings (SSSR count). The molecule has 0 aliphatic carbocycles. The molecule has 0 spiro atoms. The summed E-state index contributed by atoms with van der Waals surface area (Å²) in [6.07, 6.45) is 0. The van der Waals surface area contributed by atoms with E-state index in [1.807, 2.05) is 95.9 Å². The van der Waals surface area contributed by atoms with Gasteiger partial charge in [-0.3, -0.25) is 9.59 Å². The van der Waals surface area contributed by atoms with Gasteiger partial charge in [0.05, 0.1) is 5.69 Å². The molecule has 0 bridgehead atoms. The average molecular weight is 775 g/mol. The van der Waals surface area contributed by atoms with Crippen molar-refractivity contribution in [3.05, 3.63) is 191 Å².